The van der Waals surface area contributed by atoms with E-state index in [0.717, 1.165) is 50.3 Å². The van der Waals surface area contributed by atoms with Gasteiger partial charge in [0.25, 0.3) is 0 Å². The molecule has 1 unspecified atom stereocenters. The zero-order chi connectivity index (χ0) is 19.0. The SMILES string of the molecule is Oc1cc(C(F)(F)F)ccc1-c1cccn2c(CC3CCCNC3)nnc12. The van der Waals surface area contributed by atoms with Crippen molar-refractivity contribution in [3.8, 4) is 16.9 Å². The third kappa shape index (κ3) is 3.49. The summed E-state index contributed by atoms with van der Waals surface area (Å²) in [7, 11) is 0. The van der Waals surface area contributed by atoms with Crippen molar-refractivity contribution in [1.82, 2.24) is 19.9 Å². The highest BCUT2D eigenvalue weighted by Gasteiger charge is 2.31. The van der Waals surface area contributed by atoms with Crippen molar-refractivity contribution >= 4 is 5.65 Å². The quantitative estimate of drug-likeness (QED) is 0.732. The number of rotatable bonds is 3. The van der Waals surface area contributed by atoms with Crippen molar-refractivity contribution in [3.63, 3.8) is 0 Å². The number of fused-ring (bicyclic) bond motifs is 1. The van der Waals surface area contributed by atoms with E-state index in [9.17, 15) is 18.3 Å². The summed E-state index contributed by atoms with van der Waals surface area (Å²) in [6, 6.07) is 6.48. The number of nitrogens with zero attached hydrogens (tertiary/aromatic N) is 3. The van der Waals surface area contributed by atoms with Crippen molar-refractivity contribution in [3.05, 3.63) is 47.9 Å². The number of hydrogen-bond donors (Lipinski definition) is 2. The van der Waals surface area contributed by atoms with Crippen LogP contribution in [0.3, 0.4) is 0 Å². The smallest absolute Gasteiger partial charge is 0.416 e. The van der Waals surface area contributed by atoms with Crippen LogP contribution in [0.15, 0.2) is 36.5 Å². The maximum absolute atomic E-state index is 12.8. The summed E-state index contributed by atoms with van der Waals surface area (Å²) < 4.78 is 40.4. The van der Waals surface area contributed by atoms with Gasteiger partial charge in [0.05, 0.1) is 5.56 Å². The van der Waals surface area contributed by atoms with E-state index >= 15 is 0 Å². The molecule has 1 fully saturated rings. The molecule has 1 aliphatic heterocycles. The lowest BCUT2D eigenvalue weighted by Crippen LogP contribution is -2.31. The topological polar surface area (TPSA) is 62.5 Å². The number of aromatic nitrogens is 3. The van der Waals surface area contributed by atoms with Crippen LogP contribution in [-0.2, 0) is 12.6 Å². The van der Waals surface area contributed by atoms with Crippen molar-refractivity contribution in [1.29, 1.82) is 0 Å². The lowest BCUT2D eigenvalue weighted by Gasteiger charge is -2.21. The molecule has 2 aromatic heterocycles. The number of aromatic hydroxyl groups is 1. The Morgan fingerprint density at radius 1 is 1.19 bits per heavy atom. The first kappa shape index (κ1) is 17.8. The monoisotopic (exact) mass is 376 g/mol. The van der Waals surface area contributed by atoms with Gasteiger partial charge in [-0.3, -0.25) is 4.40 Å². The molecule has 1 atom stereocenters. The van der Waals surface area contributed by atoms with Gasteiger partial charge in [-0.15, -0.1) is 10.2 Å². The number of alkyl halides is 3. The van der Waals surface area contributed by atoms with Crippen molar-refractivity contribution < 1.29 is 18.3 Å². The molecule has 0 bridgehead atoms. The second kappa shape index (κ2) is 6.84. The Morgan fingerprint density at radius 3 is 2.74 bits per heavy atom. The Labute approximate surface area is 153 Å². The van der Waals surface area contributed by atoms with Gasteiger partial charge in [0.2, 0.25) is 0 Å². The summed E-state index contributed by atoms with van der Waals surface area (Å²) in [5.74, 6) is 0.861. The van der Waals surface area contributed by atoms with Gasteiger partial charge in [-0.2, -0.15) is 13.2 Å². The number of halogens is 3. The van der Waals surface area contributed by atoms with Crippen LogP contribution in [0.2, 0.25) is 0 Å². The molecule has 1 saturated heterocycles. The molecule has 4 rings (SSSR count). The molecule has 0 amide bonds. The van der Waals surface area contributed by atoms with Gasteiger partial charge in [-0.1, -0.05) is 0 Å². The van der Waals surface area contributed by atoms with E-state index in [0.29, 0.717) is 22.7 Å². The molecule has 5 nitrogen and oxygen atoms in total. The van der Waals surface area contributed by atoms with Crippen LogP contribution < -0.4 is 5.32 Å². The maximum Gasteiger partial charge on any atom is 0.416 e. The number of benzene rings is 1. The molecule has 1 aliphatic rings. The minimum absolute atomic E-state index is 0.298. The molecular weight excluding hydrogens is 357 g/mol. The summed E-state index contributed by atoms with van der Waals surface area (Å²) in [5, 5.41) is 22.1. The molecule has 1 aromatic carbocycles. The van der Waals surface area contributed by atoms with Crippen molar-refractivity contribution in [2.24, 2.45) is 5.92 Å². The molecule has 0 spiro atoms. The Morgan fingerprint density at radius 2 is 2.04 bits per heavy atom. The van der Waals surface area contributed by atoms with Gasteiger partial charge in [0, 0.05) is 23.7 Å². The zero-order valence-corrected chi connectivity index (χ0v) is 14.5. The predicted octanol–water partition coefficient (Wildman–Crippen LogP) is 3.66. The lowest BCUT2D eigenvalue weighted by atomic mass is 9.96. The number of nitrogens with one attached hydrogen (secondary N) is 1. The van der Waals surface area contributed by atoms with E-state index < -0.39 is 17.5 Å². The van der Waals surface area contributed by atoms with Gasteiger partial charge in [-0.05, 0) is 62.2 Å². The zero-order valence-electron chi connectivity index (χ0n) is 14.5. The van der Waals surface area contributed by atoms with Crippen LogP contribution in [0.5, 0.6) is 5.75 Å². The lowest BCUT2D eigenvalue weighted by molar-refractivity contribution is -0.137. The third-order valence-electron chi connectivity index (χ3n) is 4.99. The molecule has 0 saturated carbocycles. The molecule has 2 N–H and O–H groups in total. The van der Waals surface area contributed by atoms with E-state index in [4.69, 9.17) is 0 Å². The first-order valence-electron chi connectivity index (χ1n) is 8.87. The molecule has 0 radical (unpaired) electrons. The molecule has 142 valence electrons. The largest absolute Gasteiger partial charge is 0.507 e. The van der Waals surface area contributed by atoms with Crippen LogP contribution in [0.4, 0.5) is 13.2 Å². The van der Waals surface area contributed by atoms with Crippen LogP contribution >= 0.6 is 0 Å². The first-order valence-corrected chi connectivity index (χ1v) is 8.87. The molecule has 3 aromatic rings. The molecule has 27 heavy (non-hydrogen) atoms. The molecule has 0 aliphatic carbocycles. The van der Waals surface area contributed by atoms with Gasteiger partial charge in [0.15, 0.2) is 5.65 Å². The van der Waals surface area contributed by atoms with Crippen LogP contribution in [-0.4, -0.2) is 32.8 Å². The van der Waals surface area contributed by atoms with E-state index in [1.165, 1.54) is 6.07 Å². The number of hydrogen-bond acceptors (Lipinski definition) is 4. The minimum atomic E-state index is -4.50. The number of piperidine rings is 1. The van der Waals surface area contributed by atoms with Crippen molar-refractivity contribution in [2.75, 3.05) is 13.1 Å². The summed E-state index contributed by atoms with van der Waals surface area (Å²) in [4.78, 5) is 0. The van der Waals surface area contributed by atoms with E-state index in [-0.39, 0.29) is 0 Å². The highest BCUT2D eigenvalue weighted by atomic mass is 19.4. The summed E-state index contributed by atoms with van der Waals surface area (Å²) in [6.07, 6.45) is 0.369. The number of pyridine rings is 1. The van der Waals surface area contributed by atoms with Crippen LogP contribution in [0.25, 0.3) is 16.8 Å². The maximum atomic E-state index is 12.8. The van der Waals surface area contributed by atoms with Gasteiger partial charge < -0.3 is 10.4 Å². The Kier molecular flexibility index (Phi) is 4.51. The Hall–Kier alpha value is -2.61. The van der Waals surface area contributed by atoms with Gasteiger partial charge >= 0.3 is 6.18 Å². The fourth-order valence-electron chi connectivity index (χ4n) is 3.61. The standard InChI is InChI=1S/C19H19F3N4O/c20-19(21,22)13-5-6-14(16(27)10-13)15-4-2-8-26-17(24-25-18(15)26)9-12-3-1-7-23-11-12/h2,4-6,8,10,12,23,27H,1,3,7,9,11H2. The molecule has 8 heteroatoms. The van der Waals surface area contributed by atoms with Crippen molar-refractivity contribution in [2.45, 2.75) is 25.4 Å². The highest BCUT2D eigenvalue weighted by Crippen LogP contribution is 2.37. The average Bonchev–Trinajstić information content (AvgIpc) is 3.05. The predicted molar refractivity (Wildman–Crippen MR) is 94.4 cm³/mol. The molecular formula is C19H19F3N4O. The first-order chi connectivity index (χ1) is 12.9. The third-order valence-corrected chi connectivity index (χ3v) is 4.99. The normalized spacial score (nSPS) is 18.1. The van der Waals surface area contributed by atoms with Crippen LogP contribution in [0.1, 0.15) is 24.2 Å². The molecule has 3 heterocycles. The Balaban J connectivity index is 1.71. The summed E-state index contributed by atoms with van der Waals surface area (Å²) in [5.41, 5.74) is 0.477. The number of phenols is 1. The number of phenolic OH excluding ortho intramolecular Hbond substituents is 1. The summed E-state index contributed by atoms with van der Waals surface area (Å²) in [6.45, 7) is 1.97. The Bertz CT molecular complexity index is 961. The fourth-order valence-corrected chi connectivity index (χ4v) is 3.61. The van der Waals surface area contributed by atoms with E-state index in [1.807, 2.05) is 10.6 Å². The van der Waals surface area contributed by atoms with Gasteiger partial charge in [0.1, 0.15) is 11.6 Å². The van der Waals surface area contributed by atoms with Gasteiger partial charge in [-0.25, -0.2) is 0 Å². The van der Waals surface area contributed by atoms with E-state index in [2.05, 4.69) is 15.5 Å². The fraction of sp³-hybridized carbons (Fsp3) is 0.368. The van der Waals surface area contributed by atoms with E-state index in [1.54, 1.807) is 12.1 Å². The average molecular weight is 376 g/mol. The highest BCUT2D eigenvalue weighted by molar-refractivity contribution is 5.81. The van der Waals surface area contributed by atoms with Crippen LogP contribution in [0, 0.1) is 5.92 Å². The second-order valence-corrected chi connectivity index (χ2v) is 6.88. The minimum Gasteiger partial charge on any atom is -0.507 e. The second-order valence-electron chi connectivity index (χ2n) is 6.88. The summed E-state index contributed by atoms with van der Waals surface area (Å²) >= 11 is 0.